The summed E-state index contributed by atoms with van der Waals surface area (Å²) in [6.45, 7) is 3.96. The normalized spacial score (nSPS) is 39.0. The fraction of sp³-hybridized carbons (Fsp3) is 1.00. The molecule has 5 heteroatoms. The van der Waals surface area contributed by atoms with Crippen molar-refractivity contribution in [1.82, 2.24) is 10.0 Å². The van der Waals surface area contributed by atoms with Crippen molar-refractivity contribution in [2.45, 2.75) is 51.5 Å². The van der Waals surface area contributed by atoms with E-state index in [0.717, 1.165) is 37.8 Å². The maximum absolute atomic E-state index is 12.3. The summed E-state index contributed by atoms with van der Waals surface area (Å²) in [6, 6.07) is 0.117. The zero-order valence-corrected chi connectivity index (χ0v) is 13.3. The first-order valence-electron chi connectivity index (χ1n) is 8.24. The SMILES string of the molecule is CC(NS(=O)(=O)CC1CCCNC1)C1CC2CCC1C2. The lowest BCUT2D eigenvalue weighted by molar-refractivity contribution is 0.279. The average molecular weight is 300 g/mol. The van der Waals surface area contributed by atoms with E-state index in [2.05, 4.69) is 17.0 Å². The van der Waals surface area contributed by atoms with Crippen LogP contribution < -0.4 is 10.0 Å². The van der Waals surface area contributed by atoms with Gasteiger partial charge in [0.2, 0.25) is 10.0 Å². The lowest BCUT2D eigenvalue weighted by Crippen LogP contribution is -2.44. The van der Waals surface area contributed by atoms with Crippen LogP contribution in [0.5, 0.6) is 0 Å². The van der Waals surface area contributed by atoms with Gasteiger partial charge in [-0.1, -0.05) is 6.42 Å². The molecule has 5 unspecified atom stereocenters. The van der Waals surface area contributed by atoms with Crippen LogP contribution in [0, 0.1) is 23.7 Å². The third kappa shape index (κ3) is 3.37. The van der Waals surface area contributed by atoms with Crippen molar-refractivity contribution >= 4 is 10.0 Å². The molecule has 1 aliphatic heterocycles. The molecule has 2 saturated carbocycles. The van der Waals surface area contributed by atoms with Crippen LogP contribution in [-0.2, 0) is 10.0 Å². The third-order valence-electron chi connectivity index (χ3n) is 5.65. The average Bonchev–Trinajstić information content (AvgIpc) is 3.01. The number of hydrogen-bond acceptors (Lipinski definition) is 3. The second-order valence-corrected chi connectivity index (χ2v) is 9.04. The Labute approximate surface area is 123 Å². The highest BCUT2D eigenvalue weighted by Gasteiger charge is 2.42. The molecule has 3 rings (SSSR count). The van der Waals surface area contributed by atoms with Gasteiger partial charge in [0.1, 0.15) is 0 Å². The molecule has 2 aliphatic carbocycles. The van der Waals surface area contributed by atoms with Gasteiger partial charge < -0.3 is 5.32 Å². The summed E-state index contributed by atoms with van der Waals surface area (Å²) in [5.41, 5.74) is 0. The van der Waals surface area contributed by atoms with Crippen LogP contribution in [0.4, 0.5) is 0 Å². The van der Waals surface area contributed by atoms with Crippen LogP contribution in [0.15, 0.2) is 0 Å². The van der Waals surface area contributed by atoms with Crippen molar-refractivity contribution in [1.29, 1.82) is 0 Å². The van der Waals surface area contributed by atoms with Crippen molar-refractivity contribution in [3.63, 3.8) is 0 Å². The highest BCUT2D eigenvalue weighted by atomic mass is 32.2. The number of sulfonamides is 1. The van der Waals surface area contributed by atoms with Gasteiger partial charge in [0.15, 0.2) is 0 Å². The van der Waals surface area contributed by atoms with E-state index >= 15 is 0 Å². The lowest BCUT2D eigenvalue weighted by Gasteiger charge is -2.29. The largest absolute Gasteiger partial charge is 0.316 e. The molecular weight excluding hydrogens is 272 g/mol. The third-order valence-corrected chi connectivity index (χ3v) is 7.30. The molecule has 0 aromatic rings. The second kappa shape index (κ2) is 5.93. The van der Waals surface area contributed by atoms with Gasteiger partial charge in [-0.2, -0.15) is 0 Å². The molecule has 0 spiro atoms. The predicted octanol–water partition coefficient (Wildman–Crippen LogP) is 1.73. The van der Waals surface area contributed by atoms with Gasteiger partial charge in [-0.25, -0.2) is 13.1 Å². The molecule has 1 saturated heterocycles. The van der Waals surface area contributed by atoms with Gasteiger partial charge in [0, 0.05) is 6.04 Å². The van der Waals surface area contributed by atoms with E-state index in [0.29, 0.717) is 11.7 Å². The van der Waals surface area contributed by atoms with E-state index in [1.165, 1.54) is 25.7 Å². The summed E-state index contributed by atoms with van der Waals surface area (Å²) in [4.78, 5) is 0. The Morgan fingerprint density at radius 1 is 1.25 bits per heavy atom. The molecular formula is C15H28N2O2S. The van der Waals surface area contributed by atoms with Crippen molar-refractivity contribution in [3.05, 3.63) is 0 Å². The molecule has 20 heavy (non-hydrogen) atoms. The van der Waals surface area contributed by atoms with E-state index in [1.807, 2.05) is 0 Å². The Hall–Kier alpha value is -0.130. The first-order chi connectivity index (χ1) is 9.53. The minimum atomic E-state index is -3.12. The van der Waals surface area contributed by atoms with Crippen molar-refractivity contribution in [2.24, 2.45) is 23.7 Å². The fourth-order valence-corrected chi connectivity index (χ4v) is 6.44. The zero-order valence-electron chi connectivity index (χ0n) is 12.5. The molecule has 2 bridgehead atoms. The van der Waals surface area contributed by atoms with Crippen LogP contribution in [0.25, 0.3) is 0 Å². The van der Waals surface area contributed by atoms with Crippen LogP contribution in [0.3, 0.4) is 0 Å². The van der Waals surface area contributed by atoms with Gasteiger partial charge in [-0.05, 0) is 75.8 Å². The number of rotatable bonds is 5. The molecule has 116 valence electrons. The summed E-state index contributed by atoms with van der Waals surface area (Å²) >= 11 is 0. The lowest BCUT2D eigenvalue weighted by atomic mass is 9.84. The monoisotopic (exact) mass is 300 g/mol. The zero-order chi connectivity index (χ0) is 14.2. The van der Waals surface area contributed by atoms with E-state index < -0.39 is 10.0 Å². The predicted molar refractivity (Wildman–Crippen MR) is 80.9 cm³/mol. The Balaban J connectivity index is 1.53. The Kier molecular flexibility index (Phi) is 4.39. The fourth-order valence-electron chi connectivity index (χ4n) is 4.70. The molecule has 0 aromatic carbocycles. The van der Waals surface area contributed by atoms with E-state index in [9.17, 15) is 8.42 Å². The first-order valence-corrected chi connectivity index (χ1v) is 9.89. The molecule has 2 N–H and O–H groups in total. The van der Waals surface area contributed by atoms with E-state index in [4.69, 9.17) is 0 Å². The summed E-state index contributed by atoms with van der Waals surface area (Å²) in [5, 5.41) is 3.30. The van der Waals surface area contributed by atoms with Gasteiger partial charge in [0.25, 0.3) is 0 Å². The van der Waals surface area contributed by atoms with Crippen LogP contribution in [-0.4, -0.2) is 33.3 Å². The van der Waals surface area contributed by atoms with Crippen LogP contribution in [0.1, 0.15) is 45.4 Å². The molecule has 4 nitrogen and oxygen atoms in total. The second-order valence-electron chi connectivity index (χ2n) is 7.24. The van der Waals surface area contributed by atoms with E-state index in [-0.39, 0.29) is 12.0 Å². The van der Waals surface area contributed by atoms with Crippen LogP contribution >= 0.6 is 0 Å². The maximum atomic E-state index is 12.3. The Bertz CT molecular complexity index is 431. The standard InChI is InChI=1S/C15H28N2O2S/c1-11(15-8-12-4-5-14(15)7-12)17-20(18,19)10-13-3-2-6-16-9-13/h11-17H,2-10H2,1H3. The maximum Gasteiger partial charge on any atom is 0.212 e. The molecule has 0 radical (unpaired) electrons. The van der Waals surface area contributed by atoms with Gasteiger partial charge >= 0.3 is 0 Å². The van der Waals surface area contributed by atoms with Crippen molar-refractivity contribution < 1.29 is 8.42 Å². The molecule has 1 heterocycles. The number of nitrogens with one attached hydrogen (secondary N) is 2. The number of fused-ring (bicyclic) bond motifs is 2. The summed E-state index contributed by atoms with van der Waals surface area (Å²) < 4.78 is 27.6. The minimum absolute atomic E-state index is 0.117. The Morgan fingerprint density at radius 3 is 2.70 bits per heavy atom. The quantitative estimate of drug-likeness (QED) is 0.813. The molecule has 0 aromatic heterocycles. The summed E-state index contributed by atoms with van der Waals surface area (Å²) in [7, 11) is -3.12. The van der Waals surface area contributed by atoms with Crippen molar-refractivity contribution in [2.75, 3.05) is 18.8 Å². The van der Waals surface area contributed by atoms with Gasteiger partial charge in [0.05, 0.1) is 5.75 Å². The molecule has 3 aliphatic rings. The van der Waals surface area contributed by atoms with E-state index in [1.54, 1.807) is 0 Å². The smallest absolute Gasteiger partial charge is 0.212 e. The minimum Gasteiger partial charge on any atom is -0.316 e. The Morgan fingerprint density at radius 2 is 2.10 bits per heavy atom. The highest BCUT2D eigenvalue weighted by Crippen LogP contribution is 2.49. The molecule has 5 atom stereocenters. The number of hydrogen-bond donors (Lipinski definition) is 2. The van der Waals surface area contributed by atoms with Gasteiger partial charge in [-0.15, -0.1) is 0 Å². The molecule has 3 fully saturated rings. The molecule has 0 amide bonds. The van der Waals surface area contributed by atoms with Crippen molar-refractivity contribution in [3.8, 4) is 0 Å². The number of piperidine rings is 1. The summed E-state index contributed by atoms with van der Waals surface area (Å²) in [6.07, 6.45) is 7.39. The first kappa shape index (κ1) is 14.8. The highest BCUT2D eigenvalue weighted by molar-refractivity contribution is 7.89. The summed E-state index contributed by atoms with van der Waals surface area (Å²) in [5.74, 6) is 2.81. The van der Waals surface area contributed by atoms with Gasteiger partial charge in [-0.3, -0.25) is 0 Å². The van der Waals surface area contributed by atoms with Crippen LogP contribution in [0.2, 0.25) is 0 Å². The topological polar surface area (TPSA) is 58.2 Å².